The van der Waals surface area contributed by atoms with Gasteiger partial charge in [0.25, 0.3) is 5.56 Å². The lowest BCUT2D eigenvalue weighted by molar-refractivity contribution is -0.121. The monoisotopic (exact) mass is 374 g/mol. The quantitative estimate of drug-likeness (QED) is 0.701. The maximum atomic E-state index is 12.7. The van der Waals surface area contributed by atoms with Crippen LogP contribution in [0.4, 0.5) is 0 Å². The van der Waals surface area contributed by atoms with Gasteiger partial charge in [-0.2, -0.15) is 0 Å². The maximum Gasteiger partial charge on any atom is 0.282 e. The minimum Gasteiger partial charge on any atom is -0.354 e. The standard InChI is InChI=1S/C19H30N6O2/c1-3-23(4-2)11-8-10-20-16(26)13-24-14-21-18-17(19(24)27)22-15-9-6-5-7-12-25(15)18/h14H,3-13H2,1-2H3,(H,20,26). The second-order valence-electron chi connectivity index (χ2n) is 7.07. The minimum atomic E-state index is -0.237. The van der Waals surface area contributed by atoms with Crippen molar-refractivity contribution in [1.82, 2.24) is 29.3 Å². The zero-order valence-corrected chi connectivity index (χ0v) is 16.4. The van der Waals surface area contributed by atoms with E-state index in [0.717, 1.165) is 57.7 Å². The molecule has 148 valence electrons. The molecule has 0 saturated heterocycles. The number of carbonyl (C=O) groups excluding carboxylic acids is 1. The molecule has 1 N–H and O–H groups in total. The molecule has 0 saturated carbocycles. The molecule has 0 aliphatic carbocycles. The Kier molecular flexibility index (Phi) is 6.60. The van der Waals surface area contributed by atoms with E-state index in [4.69, 9.17) is 0 Å². The summed E-state index contributed by atoms with van der Waals surface area (Å²) in [6.45, 7) is 8.70. The van der Waals surface area contributed by atoms with Crippen LogP contribution in [0.5, 0.6) is 0 Å². The van der Waals surface area contributed by atoms with Crippen molar-refractivity contribution in [3.8, 4) is 0 Å². The van der Waals surface area contributed by atoms with Crippen LogP contribution >= 0.6 is 0 Å². The van der Waals surface area contributed by atoms with Gasteiger partial charge in [0.15, 0.2) is 11.2 Å². The van der Waals surface area contributed by atoms with Crippen LogP contribution < -0.4 is 10.9 Å². The van der Waals surface area contributed by atoms with Crippen LogP contribution in [0.15, 0.2) is 11.1 Å². The first kappa shape index (κ1) is 19.5. The molecule has 3 rings (SSSR count). The Hall–Kier alpha value is -2.22. The first-order valence-corrected chi connectivity index (χ1v) is 10.1. The van der Waals surface area contributed by atoms with Gasteiger partial charge in [0.05, 0.1) is 0 Å². The molecule has 8 heteroatoms. The van der Waals surface area contributed by atoms with Crippen molar-refractivity contribution in [2.75, 3.05) is 26.2 Å². The summed E-state index contributed by atoms with van der Waals surface area (Å²) >= 11 is 0. The highest BCUT2D eigenvalue weighted by molar-refractivity contribution is 5.76. The fraction of sp³-hybridized carbons (Fsp3) is 0.684. The second-order valence-corrected chi connectivity index (χ2v) is 7.07. The van der Waals surface area contributed by atoms with Crippen molar-refractivity contribution in [2.45, 2.75) is 59.0 Å². The van der Waals surface area contributed by atoms with Gasteiger partial charge in [0, 0.05) is 19.5 Å². The van der Waals surface area contributed by atoms with Crippen molar-refractivity contribution in [3.63, 3.8) is 0 Å². The molecule has 1 aliphatic heterocycles. The first-order valence-electron chi connectivity index (χ1n) is 10.1. The minimum absolute atomic E-state index is 0.0186. The lowest BCUT2D eigenvalue weighted by Gasteiger charge is -2.17. The highest BCUT2D eigenvalue weighted by Crippen LogP contribution is 2.18. The van der Waals surface area contributed by atoms with Gasteiger partial charge in [0.1, 0.15) is 18.7 Å². The van der Waals surface area contributed by atoms with Crippen LogP contribution in [0.25, 0.3) is 11.2 Å². The Labute approximate surface area is 159 Å². The molecule has 8 nitrogen and oxygen atoms in total. The molecule has 2 aromatic rings. The summed E-state index contributed by atoms with van der Waals surface area (Å²) in [4.78, 5) is 36.2. The topological polar surface area (TPSA) is 85.1 Å². The molecule has 0 aromatic carbocycles. The third kappa shape index (κ3) is 4.55. The fourth-order valence-corrected chi connectivity index (χ4v) is 3.63. The number of fused-ring (bicyclic) bond motifs is 3. The van der Waals surface area contributed by atoms with Crippen molar-refractivity contribution in [2.24, 2.45) is 0 Å². The van der Waals surface area contributed by atoms with Crippen LogP contribution in [0.3, 0.4) is 0 Å². The summed E-state index contributed by atoms with van der Waals surface area (Å²) in [5.41, 5.74) is 0.787. The zero-order valence-electron chi connectivity index (χ0n) is 16.4. The van der Waals surface area contributed by atoms with E-state index >= 15 is 0 Å². The fourth-order valence-electron chi connectivity index (χ4n) is 3.63. The van der Waals surface area contributed by atoms with Gasteiger partial charge >= 0.3 is 0 Å². The van der Waals surface area contributed by atoms with E-state index in [1.807, 2.05) is 0 Å². The number of aryl methyl sites for hydroxylation is 2. The Morgan fingerprint density at radius 3 is 2.85 bits per heavy atom. The summed E-state index contributed by atoms with van der Waals surface area (Å²) in [5.74, 6) is 0.768. The average molecular weight is 374 g/mol. The zero-order chi connectivity index (χ0) is 19.2. The molecular weight excluding hydrogens is 344 g/mol. The van der Waals surface area contributed by atoms with E-state index in [1.54, 1.807) is 0 Å². The molecule has 3 heterocycles. The number of hydrogen-bond acceptors (Lipinski definition) is 5. The van der Waals surface area contributed by atoms with Gasteiger partial charge in [-0.3, -0.25) is 14.2 Å². The van der Waals surface area contributed by atoms with E-state index in [2.05, 4.69) is 38.6 Å². The van der Waals surface area contributed by atoms with Crippen LogP contribution in [-0.2, 0) is 24.3 Å². The summed E-state index contributed by atoms with van der Waals surface area (Å²) in [7, 11) is 0. The van der Waals surface area contributed by atoms with Gasteiger partial charge < -0.3 is 14.8 Å². The molecule has 0 fully saturated rings. The second kappa shape index (κ2) is 9.12. The number of hydrogen-bond donors (Lipinski definition) is 1. The van der Waals surface area contributed by atoms with Gasteiger partial charge in [0.2, 0.25) is 5.91 Å². The third-order valence-electron chi connectivity index (χ3n) is 5.27. The number of nitrogens with one attached hydrogen (secondary N) is 1. The summed E-state index contributed by atoms with van der Waals surface area (Å²) in [5, 5.41) is 2.89. The van der Waals surface area contributed by atoms with E-state index < -0.39 is 0 Å². The van der Waals surface area contributed by atoms with Gasteiger partial charge in [-0.15, -0.1) is 0 Å². The predicted octanol–water partition coefficient (Wildman–Crippen LogP) is 1.17. The molecule has 1 amide bonds. The lowest BCUT2D eigenvalue weighted by Crippen LogP contribution is -2.34. The van der Waals surface area contributed by atoms with Crippen LogP contribution in [-0.4, -0.2) is 56.1 Å². The SMILES string of the molecule is CCN(CC)CCCNC(=O)Cn1cnc2c(nc3n2CCCCC3)c1=O. The number of rotatable bonds is 8. The highest BCUT2D eigenvalue weighted by atomic mass is 16.2. The number of imidazole rings is 1. The van der Waals surface area contributed by atoms with E-state index in [1.165, 1.54) is 17.3 Å². The largest absolute Gasteiger partial charge is 0.354 e. The molecule has 0 atom stereocenters. The summed E-state index contributed by atoms with van der Waals surface area (Å²) < 4.78 is 3.41. The van der Waals surface area contributed by atoms with Crippen LogP contribution in [0, 0.1) is 0 Å². The first-order chi connectivity index (χ1) is 13.1. The predicted molar refractivity (Wildman–Crippen MR) is 105 cm³/mol. The van der Waals surface area contributed by atoms with Crippen LogP contribution in [0.1, 0.15) is 45.4 Å². The van der Waals surface area contributed by atoms with Crippen LogP contribution in [0.2, 0.25) is 0 Å². The lowest BCUT2D eigenvalue weighted by atomic mass is 10.2. The Morgan fingerprint density at radius 2 is 2.07 bits per heavy atom. The molecule has 27 heavy (non-hydrogen) atoms. The normalized spacial score (nSPS) is 14.3. The number of nitrogens with zero attached hydrogens (tertiary/aromatic N) is 5. The maximum absolute atomic E-state index is 12.7. The number of aromatic nitrogens is 4. The highest BCUT2D eigenvalue weighted by Gasteiger charge is 2.18. The Morgan fingerprint density at radius 1 is 1.26 bits per heavy atom. The average Bonchev–Trinajstić information content (AvgIpc) is 2.86. The summed E-state index contributed by atoms with van der Waals surface area (Å²) in [6.07, 6.45) is 6.60. The van der Waals surface area contributed by atoms with Gasteiger partial charge in [-0.1, -0.05) is 20.3 Å². The number of carbonyl (C=O) groups is 1. The van der Waals surface area contributed by atoms with E-state index in [-0.39, 0.29) is 18.0 Å². The molecule has 2 aromatic heterocycles. The van der Waals surface area contributed by atoms with Gasteiger partial charge in [-0.05, 0) is 38.9 Å². The number of amides is 1. The molecule has 0 unspecified atom stereocenters. The summed E-state index contributed by atoms with van der Waals surface area (Å²) in [6, 6.07) is 0. The molecule has 0 bridgehead atoms. The molecule has 0 radical (unpaired) electrons. The van der Waals surface area contributed by atoms with Crippen molar-refractivity contribution >= 4 is 17.1 Å². The Bertz CT molecular complexity index is 837. The molecule has 0 spiro atoms. The third-order valence-corrected chi connectivity index (χ3v) is 5.27. The van der Waals surface area contributed by atoms with Gasteiger partial charge in [-0.25, -0.2) is 9.97 Å². The molecular formula is C19H30N6O2. The van der Waals surface area contributed by atoms with Crippen molar-refractivity contribution < 1.29 is 4.79 Å². The van der Waals surface area contributed by atoms with E-state index in [0.29, 0.717) is 17.7 Å². The van der Waals surface area contributed by atoms with E-state index in [9.17, 15) is 9.59 Å². The van der Waals surface area contributed by atoms with Crippen molar-refractivity contribution in [3.05, 3.63) is 22.5 Å². The Balaban J connectivity index is 1.63. The molecule has 1 aliphatic rings. The van der Waals surface area contributed by atoms with Crippen molar-refractivity contribution in [1.29, 1.82) is 0 Å². The smallest absolute Gasteiger partial charge is 0.282 e.